The SMILES string of the molecule is Cc1ccccc1OCC(=O)N1CCC2(CCN(C(=O)C#Cc3ccccc3)C2)CC1. The minimum absolute atomic E-state index is 0.0257. The molecule has 0 aromatic heterocycles. The first-order chi connectivity index (χ1) is 15.0. The van der Waals surface area contributed by atoms with Crippen molar-refractivity contribution in [3.63, 3.8) is 0 Å². The summed E-state index contributed by atoms with van der Waals surface area (Å²) in [6.07, 6.45) is 2.81. The molecule has 0 aliphatic carbocycles. The zero-order chi connectivity index (χ0) is 21.7. The van der Waals surface area contributed by atoms with Crippen molar-refractivity contribution in [2.24, 2.45) is 5.41 Å². The van der Waals surface area contributed by atoms with Crippen LogP contribution in [0, 0.1) is 24.2 Å². The van der Waals surface area contributed by atoms with E-state index in [1.54, 1.807) is 0 Å². The second kappa shape index (κ2) is 9.26. The van der Waals surface area contributed by atoms with E-state index < -0.39 is 0 Å². The van der Waals surface area contributed by atoms with Gasteiger partial charge in [-0.05, 0) is 55.4 Å². The van der Waals surface area contributed by atoms with Crippen LogP contribution in [0.5, 0.6) is 5.75 Å². The molecular formula is C26H28N2O3. The summed E-state index contributed by atoms with van der Waals surface area (Å²) in [5, 5.41) is 0. The van der Waals surface area contributed by atoms with Gasteiger partial charge < -0.3 is 14.5 Å². The van der Waals surface area contributed by atoms with E-state index in [0.717, 1.165) is 49.2 Å². The maximum Gasteiger partial charge on any atom is 0.298 e. The van der Waals surface area contributed by atoms with Gasteiger partial charge in [-0.25, -0.2) is 0 Å². The first-order valence-electron chi connectivity index (χ1n) is 10.9. The normalized spacial score (nSPS) is 17.2. The van der Waals surface area contributed by atoms with Crippen LogP contribution in [-0.2, 0) is 9.59 Å². The fraction of sp³-hybridized carbons (Fsp3) is 0.385. The van der Waals surface area contributed by atoms with Gasteiger partial charge in [0.2, 0.25) is 0 Å². The number of amides is 2. The van der Waals surface area contributed by atoms with Crippen molar-refractivity contribution in [1.29, 1.82) is 0 Å². The van der Waals surface area contributed by atoms with E-state index in [-0.39, 0.29) is 23.8 Å². The first kappa shape index (κ1) is 21.0. The van der Waals surface area contributed by atoms with Crippen LogP contribution in [0.1, 0.15) is 30.4 Å². The van der Waals surface area contributed by atoms with E-state index in [9.17, 15) is 9.59 Å². The molecule has 0 unspecified atom stereocenters. The molecule has 0 radical (unpaired) electrons. The molecule has 2 amide bonds. The fourth-order valence-electron chi connectivity index (χ4n) is 4.42. The Labute approximate surface area is 184 Å². The van der Waals surface area contributed by atoms with Crippen LogP contribution in [0.15, 0.2) is 54.6 Å². The fourth-order valence-corrected chi connectivity index (χ4v) is 4.42. The number of rotatable bonds is 3. The highest BCUT2D eigenvalue weighted by molar-refractivity contribution is 5.94. The highest BCUT2D eigenvalue weighted by Gasteiger charge is 2.42. The monoisotopic (exact) mass is 416 g/mol. The molecule has 0 bridgehead atoms. The van der Waals surface area contributed by atoms with Crippen LogP contribution in [-0.4, -0.2) is 54.4 Å². The maximum absolute atomic E-state index is 12.6. The predicted molar refractivity (Wildman–Crippen MR) is 119 cm³/mol. The summed E-state index contributed by atoms with van der Waals surface area (Å²) in [4.78, 5) is 28.9. The standard InChI is InChI=1S/C26H28N2O3/c1-21-7-5-6-10-23(21)31-19-25(30)27-16-13-26(14-17-27)15-18-28(20-26)24(29)12-11-22-8-3-2-4-9-22/h2-10H,13-20H2,1H3. The molecule has 31 heavy (non-hydrogen) atoms. The van der Waals surface area contributed by atoms with E-state index in [1.807, 2.05) is 71.3 Å². The molecule has 2 aliphatic heterocycles. The minimum atomic E-state index is -0.106. The first-order valence-corrected chi connectivity index (χ1v) is 10.9. The van der Waals surface area contributed by atoms with Gasteiger partial charge in [-0.3, -0.25) is 9.59 Å². The number of aryl methyl sites for hydroxylation is 1. The number of piperidine rings is 1. The third kappa shape index (κ3) is 5.08. The number of likely N-dealkylation sites (tertiary alicyclic amines) is 2. The number of benzene rings is 2. The molecule has 2 heterocycles. The number of carbonyl (C=O) groups is 2. The van der Waals surface area contributed by atoms with E-state index in [2.05, 4.69) is 11.8 Å². The van der Waals surface area contributed by atoms with Crippen LogP contribution in [0.3, 0.4) is 0 Å². The number of nitrogens with zero attached hydrogens (tertiary/aromatic N) is 2. The minimum Gasteiger partial charge on any atom is -0.484 e. The molecule has 4 rings (SSSR count). The van der Waals surface area contributed by atoms with E-state index in [1.165, 1.54) is 0 Å². The Bertz CT molecular complexity index is 998. The van der Waals surface area contributed by atoms with Gasteiger partial charge in [0.1, 0.15) is 5.75 Å². The van der Waals surface area contributed by atoms with Crippen molar-refractivity contribution < 1.29 is 14.3 Å². The Morgan fingerprint density at radius 1 is 0.935 bits per heavy atom. The largest absolute Gasteiger partial charge is 0.484 e. The van der Waals surface area contributed by atoms with Crippen LogP contribution in [0.2, 0.25) is 0 Å². The van der Waals surface area contributed by atoms with Crippen molar-refractivity contribution in [2.75, 3.05) is 32.8 Å². The molecule has 0 N–H and O–H groups in total. The Morgan fingerprint density at radius 3 is 2.29 bits per heavy atom. The highest BCUT2D eigenvalue weighted by atomic mass is 16.5. The van der Waals surface area contributed by atoms with Gasteiger partial charge in [-0.1, -0.05) is 42.3 Å². The van der Waals surface area contributed by atoms with Crippen molar-refractivity contribution in [1.82, 2.24) is 9.80 Å². The number of carbonyl (C=O) groups excluding carboxylic acids is 2. The number of hydrogen-bond acceptors (Lipinski definition) is 3. The molecule has 5 heteroatoms. The smallest absolute Gasteiger partial charge is 0.298 e. The Kier molecular flexibility index (Phi) is 6.27. The topological polar surface area (TPSA) is 49.9 Å². The van der Waals surface area contributed by atoms with Gasteiger partial charge in [-0.15, -0.1) is 0 Å². The zero-order valence-corrected chi connectivity index (χ0v) is 18.0. The van der Waals surface area contributed by atoms with E-state index in [4.69, 9.17) is 4.74 Å². The second-order valence-corrected chi connectivity index (χ2v) is 8.53. The average Bonchev–Trinajstić information content (AvgIpc) is 3.21. The van der Waals surface area contributed by atoms with Crippen LogP contribution >= 0.6 is 0 Å². The van der Waals surface area contributed by atoms with Crippen LogP contribution in [0.25, 0.3) is 0 Å². The Hall–Kier alpha value is -3.26. The molecule has 2 aromatic rings. The average molecular weight is 417 g/mol. The third-order valence-corrected chi connectivity index (χ3v) is 6.43. The zero-order valence-electron chi connectivity index (χ0n) is 18.0. The van der Waals surface area contributed by atoms with Gasteiger partial charge in [0.25, 0.3) is 11.8 Å². The van der Waals surface area contributed by atoms with Crippen LogP contribution < -0.4 is 4.74 Å². The summed E-state index contributed by atoms with van der Waals surface area (Å²) in [6.45, 7) is 4.95. The van der Waals surface area contributed by atoms with Gasteiger partial charge >= 0.3 is 0 Å². The summed E-state index contributed by atoms with van der Waals surface area (Å²) in [5.74, 6) is 6.42. The maximum atomic E-state index is 12.6. The lowest BCUT2D eigenvalue weighted by molar-refractivity contribution is -0.136. The molecule has 1 spiro atoms. The van der Waals surface area contributed by atoms with Gasteiger partial charge in [-0.2, -0.15) is 0 Å². The molecule has 2 saturated heterocycles. The third-order valence-electron chi connectivity index (χ3n) is 6.43. The van der Waals surface area contributed by atoms with E-state index >= 15 is 0 Å². The number of ether oxygens (including phenoxy) is 1. The summed E-state index contributed by atoms with van der Waals surface area (Å²) in [7, 11) is 0. The summed E-state index contributed by atoms with van der Waals surface area (Å²) in [6, 6.07) is 17.3. The van der Waals surface area contributed by atoms with Crippen molar-refractivity contribution in [3.05, 3.63) is 65.7 Å². The molecular weight excluding hydrogens is 388 g/mol. The lowest BCUT2D eigenvalue weighted by atomic mass is 9.78. The van der Waals surface area contributed by atoms with Gasteiger partial charge in [0.15, 0.2) is 6.61 Å². The molecule has 160 valence electrons. The van der Waals surface area contributed by atoms with Crippen molar-refractivity contribution >= 4 is 11.8 Å². The summed E-state index contributed by atoms with van der Waals surface area (Å²) in [5.41, 5.74) is 1.99. The van der Waals surface area contributed by atoms with Gasteiger partial charge in [0, 0.05) is 37.7 Å². The molecule has 0 saturated carbocycles. The van der Waals surface area contributed by atoms with Crippen molar-refractivity contribution in [2.45, 2.75) is 26.2 Å². The van der Waals surface area contributed by atoms with Crippen molar-refractivity contribution in [3.8, 4) is 17.6 Å². The second-order valence-electron chi connectivity index (χ2n) is 8.53. The quantitative estimate of drug-likeness (QED) is 0.722. The predicted octanol–water partition coefficient (Wildman–Crippen LogP) is 3.27. The number of para-hydroxylation sites is 1. The molecule has 0 atom stereocenters. The van der Waals surface area contributed by atoms with Gasteiger partial charge in [0.05, 0.1) is 0 Å². The lowest BCUT2D eigenvalue weighted by Crippen LogP contribution is -2.46. The molecule has 2 fully saturated rings. The lowest BCUT2D eigenvalue weighted by Gasteiger charge is -2.39. The molecule has 5 nitrogen and oxygen atoms in total. The summed E-state index contributed by atoms with van der Waals surface area (Å²) >= 11 is 0. The molecule has 2 aromatic carbocycles. The molecule has 2 aliphatic rings. The van der Waals surface area contributed by atoms with E-state index in [0.29, 0.717) is 13.1 Å². The Balaban J connectivity index is 1.26. The summed E-state index contributed by atoms with van der Waals surface area (Å²) < 4.78 is 5.72. The van der Waals surface area contributed by atoms with Crippen LogP contribution in [0.4, 0.5) is 0 Å². The highest BCUT2D eigenvalue weighted by Crippen LogP contribution is 2.40. The Morgan fingerprint density at radius 2 is 1.58 bits per heavy atom. The number of hydrogen-bond donors (Lipinski definition) is 0.